The van der Waals surface area contributed by atoms with E-state index in [9.17, 15) is 19.5 Å². The van der Waals surface area contributed by atoms with Crippen LogP contribution in [0.25, 0.3) is 0 Å². The van der Waals surface area contributed by atoms with Crippen molar-refractivity contribution < 1.29 is 19.5 Å². The Balaban J connectivity index is 1.67. The Hall–Kier alpha value is -1.67. The maximum Gasteiger partial charge on any atom is 0.326 e. The average Bonchev–Trinajstić information content (AvgIpc) is 2.81. The topological polar surface area (TPSA) is 86.7 Å². The Morgan fingerprint density at radius 1 is 1.26 bits per heavy atom. The summed E-state index contributed by atoms with van der Waals surface area (Å²) in [5.41, 5.74) is 0.998. The molecule has 0 saturated carbocycles. The van der Waals surface area contributed by atoms with Gasteiger partial charge in [-0.25, -0.2) is 4.79 Å². The van der Waals surface area contributed by atoms with Crippen molar-refractivity contribution in [3.63, 3.8) is 0 Å². The minimum Gasteiger partial charge on any atom is -0.480 e. The van der Waals surface area contributed by atoms with Crippen LogP contribution in [0.3, 0.4) is 0 Å². The molecule has 2 fully saturated rings. The number of hydrogen-bond acceptors (Lipinski definition) is 5. The largest absolute Gasteiger partial charge is 0.480 e. The Morgan fingerprint density at radius 2 is 2.00 bits per heavy atom. The fourth-order valence-electron chi connectivity index (χ4n) is 3.63. The van der Waals surface area contributed by atoms with Crippen molar-refractivity contribution in [3.8, 4) is 0 Å². The maximum absolute atomic E-state index is 13.0. The lowest BCUT2D eigenvalue weighted by Crippen LogP contribution is -2.57. The van der Waals surface area contributed by atoms with Gasteiger partial charge >= 0.3 is 5.97 Å². The minimum absolute atomic E-state index is 0.120. The fourth-order valence-corrected chi connectivity index (χ4v) is 5.29. The minimum atomic E-state index is -0.975. The second kappa shape index (κ2) is 9.01. The fraction of sp³-hybridized carbons (Fsp3) is 0.526. The van der Waals surface area contributed by atoms with Gasteiger partial charge in [-0.3, -0.25) is 9.59 Å². The molecular weight excluding hydrogens is 384 g/mol. The first-order valence-corrected chi connectivity index (χ1v) is 10.7. The number of rotatable bonds is 5. The summed E-state index contributed by atoms with van der Waals surface area (Å²) in [4.78, 5) is 38.7. The first kappa shape index (κ1) is 20.1. The molecule has 8 heteroatoms. The van der Waals surface area contributed by atoms with Crippen molar-refractivity contribution >= 4 is 42.2 Å². The van der Waals surface area contributed by atoms with E-state index in [-0.39, 0.29) is 17.2 Å². The van der Waals surface area contributed by atoms with Crippen molar-refractivity contribution in [1.82, 2.24) is 10.2 Å². The van der Waals surface area contributed by atoms with Gasteiger partial charge in [0.15, 0.2) is 0 Å². The molecule has 0 unspecified atom stereocenters. The van der Waals surface area contributed by atoms with Gasteiger partial charge in [0.05, 0.1) is 10.6 Å². The SMILES string of the molecule is O=C(N[C@H]1CCC[C@@H]2SCC[C@@H](C(=O)O)N2C1=O)[C@@H](S)Cc1ccccc1. The van der Waals surface area contributed by atoms with Crippen LogP contribution in [0.5, 0.6) is 0 Å². The van der Waals surface area contributed by atoms with Gasteiger partial charge in [-0.2, -0.15) is 12.6 Å². The number of thioether (sulfide) groups is 1. The van der Waals surface area contributed by atoms with Crippen LogP contribution in [0.2, 0.25) is 0 Å². The van der Waals surface area contributed by atoms with E-state index in [2.05, 4.69) is 17.9 Å². The van der Waals surface area contributed by atoms with Gasteiger partial charge in [-0.1, -0.05) is 30.3 Å². The van der Waals surface area contributed by atoms with Gasteiger partial charge < -0.3 is 15.3 Å². The van der Waals surface area contributed by atoms with Gasteiger partial charge in [0.2, 0.25) is 11.8 Å². The Labute approximate surface area is 168 Å². The van der Waals surface area contributed by atoms with E-state index in [1.165, 1.54) is 4.90 Å². The number of nitrogens with one attached hydrogen (secondary N) is 1. The van der Waals surface area contributed by atoms with Crippen LogP contribution in [0.1, 0.15) is 31.2 Å². The number of carboxylic acid groups (broad SMARTS) is 1. The molecule has 2 heterocycles. The Kier molecular flexibility index (Phi) is 6.70. The predicted octanol–water partition coefficient (Wildman–Crippen LogP) is 1.94. The summed E-state index contributed by atoms with van der Waals surface area (Å²) >= 11 is 6.03. The lowest BCUT2D eigenvalue weighted by Gasteiger charge is -2.39. The number of thiol groups is 1. The molecule has 0 aliphatic carbocycles. The number of carbonyl (C=O) groups is 3. The van der Waals surface area contributed by atoms with Crippen molar-refractivity contribution in [2.75, 3.05) is 5.75 Å². The molecule has 2 aliphatic rings. The second-order valence-corrected chi connectivity index (χ2v) is 8.82. The van der Waals surface area contributed by atoms with E-state index < -0.39 is 23.3 Å². The van der Waals surface area contributed by atoms with Gasteiger partial charge in [-0.05, 0) is 43.4 Å². The normalized spacial score (nSPS) is 26.6. The number of benzene rings is 1. The van der Waals surface area contributed by atoms with Crippen molar-refractivity contribution in [2.24, 2.45) is 0 Å². The molecule has 6 nitrogen and oxygen atoms in total. The zero-order valence-electron chi connectivity index (χ0n) is 14.9. The molecule has 0 aromatic heterocycles. The second-order valence-electron chi connectivity index (χ2n) is 6.91. The van der Waals surface area contributed by atoms with Crippen LogP contribution in [0, 0.1) is 0 Å². The summed E-state index contributed by atoms with van der Waals surface area (Å²) in [6, 6.07) is 8.09. The molecule has 0 radical (unpaired) electrons. The number of carbonyl (C=O) groups excluding carboxylic acids is 2. The van der Waals surface area contributed by atoms with Crippen LogP contribution in [0.15, 0.2) is 30.3 Å². The molecule has 2 N–H and O–H groups in total. The number of hydrogen-bond donors (Lipinski definition) is 3. The van der Waals surface area contributed by atoms with Gasteiger partial charge in [0.1, 0.15) is 12.1 Å². The van der Waals surface area contributed by atoms with Crippen molar-refractivity contribution in [3.05, 3.63) is 35.9 Å². The average molecular weight is 409 g/mol. The summed E-state index contributed by atoms with van der Waals surface area (Å²) in [7, 11) is 0. The lowest BCUT2D eigenvalue weighted by atomic mass is 10.1. The van der Waals surface area contributed by atoms with E-state index >= 15 is 0 Å². The summed E-state index contributed by atoms with van der Waals surface area (Å²) in [6.07, 6.45) is 2.95. The molecule has 0 bridgehead atoms. The number of aliphatic carboxylic acids is 1. The smallest absolute Gasteiger partial charge is 0.326 e. The van der Waals surface area contributed by atoms with Crippen LogP contribution >= 0.6 is 24.4 Å². The summed E-state index contributed by atoms with van der Waals surface area (Å²) < 4.78 is 0. The molecule has 3 rings (SSSR count). The van der Waals surface area contributed by atoms with E-state index in [0.29, 0.717) is 19.3 Å². The highest BCUT2D eigenvalue weighted by atomic mass is 32.2. The highest BCUT2D eigenvalue weighted by Gasteiger charge is 2.43. The third-order valence-corrected chi connectivity index (χ3v) is 6.76. The molecule has 2 saturated heterocycles. The van der Waals surface area contributed by atoms with Crippen molar-refractivity contribution in [1.29, 1.82) is 0 Å². The Bertz CT molecular complexity index is 700. The van der Waals surface area contributed by atoms with E-state index in [0.717, 1.165) is 24.2 Å². The summed E-state index contributed by atoms with van der Waals surface area (Å²) in [6.45, 7) is 0. The molecule has 2 aliphatic heterocycles. The van der Waals surface area contributed by atoms with Crippen molar-refractivity contribution in [2.45, 2.75) is 54.8 Å². The summed E-state index contributed by atoms with van der Waals surface area (Å²) in [5.74, 6) is -0.823. The maximum atomic E-state index is 13.0. The predicted molar refractivity (Wildman–Crippen MR) is 108 cm³/mol. The number of nitrogens with zero attached hydrogens (tertiary/aromatic N) is 1. The number of amides is 2. The van der Waals surface area contributed by atoms with Gasteiger partial charge in [0, 0.05) is 0 Å². The van der Waals surface area contributed by atoms with Gasteiger partial charge in [-0.15, -0.1) is 11.8 Å². The van der Waals surface area contributed by atoms with Crippen LogP contribution in [-0.2, 0) is 20.8 Å². The molecule has 1 aromatic rings. The lowest BCUT2D eigenvalue weighted by molar-refractivity contribution is -0.152. The zero-order valence-corrected chi connectivity index (χ0v) is 16.6. The first-order chi connectivity index (χ1) is 13.0. The molecular formula is C19H24N2O4S2. The van der Waals surface area contributed by atoms with Crippen LogP contribution in [-0.4, -0.2) is 56.3 Å². The Morgan fingerprint density at radius 3 is 2.70 bits per heavy atom. The summed E-state index contributed by atoms with van der Waals surface area (Å²) in [5, 5.41) is 11.6. The monoisotopic (exact) mass is 408 g/mol. The third kappa shape index (κ3) is 4.79. The zero-order chi connectivity index (χ0) is 19.4. The molecule has 1 aromatic carbocycles. The third-order valence-electron chi connectivity index (χ3n) is 5.02. The molecule has 4 atom stereocenters. The molecule has 0 spiro atoms. The van der Waals surface area contributed by atoms with Crippen LogP contribution < -0.4 is 5.32 Å². The van der Waals surface area contributed by atoms with Crippen LogP contribution in [0.4, 0.5) is 0 Å². The van der Waals surface area contributed by atoms with E-state index in [4.69, 9.17) is 0 Å². The van der Waals surface area contributed by atoms with E-state index in [1.807, 2.05) is 30.3 Å². The van der Waals surface area contributed by atoms with Gasteiger partial charge in [0.25, 0.3) is 0 Å². The highest BCUT2D eigenvalue weighted by molar-refractivity contribution is 7.99. The quantitative estimate of drug-likeness (QED) is 0.648. The first-order valence-electron chi connectivity index (χ1n) is 9.16. The standard InChI is InChI=1S/C19H24N2O4S2/c22-17(15(26)11-12-5-2-1-3-6-12)20-13-7-4-8-16-21(18(13)23)14(19(24)25)9-10-27-16/h1-3,5-6,13-16,26H,4,7-11H2,(H,20,22)(H,24,25)/t13-,14-,15-,16-/m0/s1. The molecule has 2 amide bonds. The number of carboxylic acids is 1. The molecule has 27 heavy (non-hydrogen) atoms. The highest BCUT2D eigenvalue weighted by Crippen LogP contribution is 2.34. The number of fused-ring (bicyclic) bond motifs is 1. The van der Waals surface area contributed by atoms with E-state index in [1.54, 1.807) is 11.8 Å². The molecule has 146 valence electrons.